The van der Waals surface area contributed by atoms with Crippen molar-refractivity contribution in [3.8, 4) is 0 Å². The zero-order chi connectivity index (χ0) is 15.2. The van der Waals surface area contributed by atoms with E-state index in [2.05, 4.69) is 37.4 Å². The fourth-order valence-electron chi connectivity index (χ4n) is 2.64. The second-order valence-corrected chi connectivity index (χ2v) is 5.54. The van der Waals surface area contributed by atoms with Crippen LogP contribution in [0.2, 0.25) is 0 Å². The predicted molar refractivity (Wildman–Crippen MR) is 86.0 cm³/mol. The number of hydrogen-bond acceptors (Lipinski definition) is 6. The zero-order valence-corrected chi connectivity index (χ0v) is 13.1. The van der Waals surface area contributed by atoms with Gasteiger partial charge in [-0.15, -0.1) is 5.10 Å². The van der Waals surface area contributed by atoms with E-state index in [1.807, 2.05) is 12.3 Å². The van der Waals surface area contributed by atoms with Crippen LogP contribution < -0.4 is 10.2 Å². The van der Waals surface area contributed by atoms with Crippen molar-refractivity contribution in [1.29, 1.82) is 0 Å². The molecule has 3 rings (SSSR count). The van der Waals surface area contributed by atoms with Gasteiger partial charge in [0.25, 0.3) is 0 Å². The minimum atomic E-state index is 0.767. The first-order valence-corrected chi connectivity index (χ1v) is 8.06. The molecule has 2 aromatic rings. The van der Waals surface area contributed by atoms with Gasteiger partial charge in [-0.1, -0.05) is 12.1 Å². The van der Waals surface area contributed by atoms with E-state index in [9.17, 15) is 0 Å². The third-order valence-corrected chi connectivity index (χ3v) is 3.89. The number of piperidine rings is 1. The van der Waals surface area contributed by atoms with Crippen molar-refractivity contribution in [3.05, 3.63) is 24.2 Å². The monoisotopic (exact) mass is 301 g/mol. The summed E-state index contributed by atoms with van der Waals surface area (Å²) in [6, 6.07) is 2.04. The van der Waals surface area contributed by atoms with Crippen LogP contribution in [0.5, 0.6) is 0 Å². The molecule has 0 radical (unpaired) electrons. The van der Waals surface area contributed by atoms with Gasteiger partial charge in [0.05, 0.1) is 12.7 Å². The van der Waals surface area contributed by atoms with E-state index in [1.165, 1.54) is 19.3 Å². The predicted octanol–water partition coefficient (Wildman–Crippen LogP) is 1.73. The molecule has 1 saturated heterocycles. The normalized spacial score (nSPS) is 15.0. The van der Waals surface area contributed by atoms with Gasteiger partial charge in [0.15, 0.2) is 0 Å². The van der Waals surface area contributed by atoms with Crippen LogP contribution in [0.3, 0.4) is 0 Å². The minimum Gasteiger partial charge on any atom is -0.368 e. The number of aromatic nitrogens is 5. The Morgan fingerprint density at radius 2 is 2.05 bits per heavy atom. The van der Waals surface area contributed by atoms with Crippen molar-refractivity contribution in [3.63, 3.8) is 0 Å². The van der Waals surface area contributed by atoms with Gasteiger partial charge in [0.1, 0.15) is 5.82 Å². The fraction of sp³-hybridized carbons (Fsp3) is 0.600. The van der Waals surface area contributed by atoms with Gasteiger partial charge in [-0.2, -0.15) is 4.98 Å². The van der Waals surface area contributed by atoms with Crippen LogP contribution in [0.15, 0.2) is 18.5 Å². The second kappa shape index (κ2) is 7.20. The van der Waals surface area contributed by atoms with Gasteiger partial charge < -0.3 is 10.2 Å². The zero-order valence-electron chi connectivity index (χ0n) is 13.1. The second-order valence-electron chi connectivity index (χ2n) is 5.54. The van der Waals surface area contributed by atoms with Crippen molar-refractivity contribution in [2.45, 2.75) is 39.2 Å². The van der Waals surface area contributed by atoms with Crippen molar-refractivity contribution >= 4 is 11.8 Å². The summed E-state index contributed by atoms with van der Waals surface area (Å²) in [6.45, 7) is 5.78. The summed E-state index contributed by atoms with van der Waals surface area (Å²) < 4.78 is 1.81. The van der Waals surface area contributed by atoms with Crippen LogP contribution in [0.25, 0.3) is 0 Å². The molecule has 0 spiro atoms. The number of rotatable bonds is 6. The molecule has 0 aliphatic carbocycles. The largest absolute Gasteiger partial charge is 0.368 e. The van der Waals surface area contributed by atoms with Crippen molar-refractivity contribution in [1.82, 2.24) is 25.0 Å². The Bertz CT molecular complexity index is 576. The van der Waals surface area contributed by atoms with E-state index in [0.29, 0.717) is 0 Å². The molecule has 0 bridgehead atoms. The molecule has 1 aliphatic rings. The van der Waals surface area contributed by atoms with Gasteiger partial charge in [0.2, 0.25) is 5.95 Å². The summed E-state index contributed by atoms with van der Waals surface area (Å²) in [4.78, 5) is 11.7. The Hall–Kier alpha value is -2.18. The molecular formula is C15H23N7. The Morgan fingerprint density at radius 1 is 1.18 bits per heavy atom. The fourth-order valence-corrected chi connectivity index (χ4v) is 2.64. The molecule has 1 aliphatic heterocycles. The number of hydrogen-bond donors (Lipinski definition) is 1. The summed E-state index contributed by atoms with van der Waals surface area (Å²) in [7, 11) is 0. The highest BCUT2D eigenvalue weighted by Gasteiger charge is 2.15. The van der Waals surface area contributed by atoms with E-state index in [-0.39, 0.29) is 0 Å². The van der Waals surface area contributed by atoms with E-state index in [4.69, 9.17) is 0 Å². The molecule has 1 fully saturated rings. The highest BCUT2D eigenvalue weighted by atomic mass is 15.4. The molecule has 1 N–H and O–H groups in total. The van der Waals surface area contributed by atoms with Gasteiger partial charge >= 0.3 is 0 Å². The van der Waals surface area contributed by atoms with Crippen LogP contribution in [0, 0.1) is 0 Å². The first-order valence-electron chi connectivity index (χ1n) is 8.06. The minimum absolute atomic E-state index is 0.767. The van der Waals surface area contributed by atoms with Crippen LogP contribution in [0.1, 0.15) is 31.9 Å². The first-order chi connectivity index (χ1) is 10.8. The first kappa shape index (κ1) is 14.7. The molecule has 2 aromatic heterocycles. The Morgan fingerprint density at radius 3 is 2.77 bits per heavy atom. The molecule has 118 valence electrons. The maximum Gasteiger partial charge on any atom is 0.227 e. The van der Waals surface area contributed by atoms with E-state index in [1.54, 1.807) is 10.9 Å². The summed E-state index contributed by atoms with van der Waals surface area (Å²) in [5.74, 6) is 1.76. The van der Waals surface area contributed by atoms with Crippen molar-refractivity contribution in [2.24, 2.45) is 0 Å². The third kappa shape index (κ3) is 3.72. The molecule has 0 unspecified atom stereocenters. The molecule has 22 heavy (non-hydrogen) atoms. The standard InChI is InChI=1S/C15H23N7/c1-2-13-12-14(16-6-10-22-11-7-17-20-22)19-15(18-13)21-8-4-3-5-9-21/h7,11-12H,2-6,8-10H2,1H3,(H,16,18,19). The number of nitrogens with zero attached hydrogens (tertiary/aromatic N) is 6. The highest BCUT2D eigenvalue weighted by molar-refractivity contribution is 5.44. The van der Waals surface area contributed by atoms with E-state index in [0.717, 1.165) is 50.1 Å². The third-order valence-electron chi connectivity index (χ3n) is 3.89. The molecular weight excluding hydrogens is 278 g/mol. The number of anilines is 2. The van der Waals surface area contributed by atoms with Gasteiger partial charge in [-0.25, -0.2) is 4.98 Å². The lowest BCUT2D eigenvalue weighted by molar-refractivity contribution is 0.567. The maximum absolute atomic E-state index is 4.68. The van der Waals surface area contributed by atoms with Crippen molar-refractivity contribution < 1.29 is 0 Å². The average molecular weight is 301 g/mol. The Kier molecular flexibility index (Phi) is 4.82. The molecule has 0 aromatic carbocycles. The molecule has 3 heterocycles. The van der Waals surface area contributed by atoms with E-state index < -0.39 is 0 Å². The van der Waals surface area contributed by atoms with Gasteiger partial charge in [0, 0.05) is 37.6 Å². The summed E-state index contributed by atoms with van der Waals surface area (Å²) in [5.41, 5.74) is 1.08. The number of nitrogens with one attached hydrogen (secondary N) is 1. The number of aryl methyl sites for hydroxylation is 1. The van der Waals surface area contributed by atoms with E-state index >= 15 is 0 Å². The maximum atomic E-state index is 4.68. The summed E-state index contributed by atoms with van der Waals surface area (Å²) in [5, 5.41) is 11.1. The Labute approximate surface area is 130 Å². The van der Waals surface area contributed by atoms with Crippen molar-refractivity contribution in [2.75, 3.05) is 29.9 Å². The molecule has 0 atom stereocenters. The van der Waals surface area contributed by atoms with Crippen LogP contribution >= 0.6 is 0 Å². The smallest absolute Gasteiger partial charge is 0.227 e. The topological polar surface area (TPSA) is 71.8 Å². The van der Waals surface area contributed by atoms with Crippen LogP contribution in [0.4, 0.5) is 11.8 Å². The molecule has 7 heteroatoms. The highest BCUT2D eigenvalue weighted by Crippen LogP contribution is 2.18. The van der Waals surface area contributed by atoms with Crippen LogP contribution in [-0.2, 0) is 13.0 Å². The SMILES string of the molecule is CCc1cc(NCCn2ccnn2)nc(N2CCCCC2)n1. The van der Waals surface area contributed by atoms with Gasteiger partial charge in [-0.05, 0) is 25.7 Å². The lowest BCUT2D eigenvalue weighted by Gasteiger charge is -2.27. The summed E-state index contributed by atoms with van der Waals surface area (Å²) >= 11 is 0. The van der Waals surface area contributed by atoms with Gasteiger partial charge in [-0.3, -0.25) is 4.68 Å². The van der Waals surface area contributed by atoms with Crippen LogP contribution in [-0.4, -0.2) is 44.6 Å². The quantitative estimate of drug-likeness (QED) is 0.876. The average Bonchev–Trinajstić information content (AvgIpc) is 3.09. The Balaban J connectivity index is 1.66. The lowest BCUT2D eigenvalue weighted by Crippen LogP contribution is -2.31. The lowest BCUT2D eigenvalue weighted by atomic mass is 10.1. The molecule has 0 saturated carbocycles. The summed E-state index contributed by atoms with van der Waals surface area (Å²) in [6.07, 6.45) is 8.24. The molecule has 7 nitrogen and oxygen atoms in total. The molecule has 0 amide bonds.